The van der Waals surface area contributed by atoms with E-state index in [1.54, 1.807) is 6.20 Å². The molecule has 0 aliphatic carbocycles. The van der Waals surface area contributed by atoms with Gasteiger partial charge in [0.2, 0.25) is 0 Å². The van der Waals surface area contributed by atoms with Gasteiger partial charge >= 0.3 is 0 Å². The Morgan fingerprint density at radius 1 is 1.26 bits per heavy atom. The molecule has 0 atom stereocenters. The van der Waals surface area contributed by atoms with E-state index in [0.717, 1.165) is 15.4 Å². The Balaban J connectivity index is 1.93. The zero-order valence-corrected chi connectivity index (χ0v) is 11.9. The minimum Gasteiger partial charge on any atom is -0.378 e. The summed E-state index contributed by atoms with van der Waals surface area (Å²) in [5.41, 5.74) is 1.52. The molecular formula is C14H13BrN2O2. The van der Waals surface area contributed by atoms with Crippen molar-refractivity contribution in [2.75, 3.05) is 26.3 Å². The van der Waals surface area contributed by atoms with E-state index in [0.29, 0.717) is 31.9 Å². The highest BCUT2D eigenvalue weighted by Gasteiger charge is 2.18. The Bertz CT molecular complexity index is 624. The first-order valence-corrected chi connectivity index (χ1v) is 6.96. The number of carbonyl (C=O) groups excluding carboxylic acids is 1. The Morgan fingerprint density at radius 3 is 2.84 bits per heavy atom. The quantitative estimate of drug-likeness (QED) is 0.810. The number of nitrogens with zero attached hydrogens (tertiary/aromatic N) is 2. The van der Waals surface area contributed by atoms with Crippen LogP contribution in [0.25, 0.3) is 10.9 Å². The lowest BCUT2D eigenvalue weighted by Crippen LogP contribution is -2.40. The number of fused-ring (bicyclic) bond motifs is 1. The van der Waals surface area contributed by atoms with E-state index in [2.05, 4.69) is 20.9 Å². The molecule has 0 unspecified atom stereocenters. The molecule has 5 heteroatoms. The van der Waals surface area contributed by atoms with E-state index in [9.17, 15) is 4.79 Å². The molecule has 19 heavy (non-hydrogen) atoms. The van der Waals surface area contributed by atoms with Crippen molar-refractivity contribution in [2.24, 2.45) is 0 Å². The fourth-order valence-corrected chi connectivity index (χ4v) is 2.55. The molecule has 0 bridgehead atoms. The van der Waals surface area contributed by atoms with Gasteiger partial charge in [0.1, 0.15) is 0 Å². The van der Waals surface area contributed by atoms with Crippen LogP contribution in [0.3, 0.4) is 0 Å². The predicted octanol–water partition coefficient (Wildman–Crippen LogP) is 2.47. The molecule has 3 rings (SSSR count). The van der Waals surface area contributed by atoms with Gasteiger partial charge in [0, 0.05) is 29.1 Å². The number of carbonyl (C=O) groups is 1. The van der Waals surface area contributed by atoms with Gasteiger partial charge in [-0.2, -0.15) is 0 Å². The van der Waals surface area contributed by atoms with Gasteiger partial charge in [-0.05, 0) is 24.3 Å². The molecule has 1 aromatic carbocycles. The van der Waals surface area contributed by atoms with E-state index < -0.39 is 0 Å². The summed E-state index contributed by atoms with van der Waals surface area (Å²) in [6.07, 6.45) is 1.65. The molecule has 4 nitrogen and oxygen atoms in total. The van der Waals surface area contributed by atoms with Gasteiger partial charge in [-0.1, -0.05) is 15.9 Å². The van der Waals surface area contributed by atoms with Crippen LogP contribution in [0.15, 0.2) is 34.9 Å². The van der Waals surface area contributed by atoms with Crippen molar-refractivity contribution in [2.45, 2.75) is 0 Å². The molecule has 1 aliphatic rings. The number of aromatic nitrogens is 1. The van der Waals surface area contributed by atoms with E-state index in [-0.39, 0.29) is 5.91 Å². The minimum atomic E-state index is 0.0256. The maximum absolute atomic E-state index is 12.3. The SMILES string of the molecule is O=C(c1cnc2ccc(Br)cc2c1)N1CCOCC1. The lowest BCUT2D eigenvalue weighted by Gasteiger charge is -2.26. The third-order valence-corrected chi connectivity index (χ3v) is 3.68. The number of amides is 1. The van der Waals surface area contributed by atoms with Gasteiger partial charge in [-0.15, -0.1) is 0 Å². The molecule has 1 fully saturated rings. The second-order valence-electron chi connectivity index (χ2n) is 4.47. The molecule has 2 aromatic rings. The minimum absolute atomic E-state index is 0.0256. The van der Waals surface area contributed by atoms with Crippen LogP contribution in [-0.4, -0.2) is 42.1 Å². The number of ether oxygens (including phenoxy) is 1. The summed E-state index contributed by atoms with van der Waals surface area (Å²) >= 11 is 3.43. The monoisotopic (exact) mass is 320 g/mol. The van der Waals surface area contributed by atoms with Gasteiger partial charge in [0.05, 0.1) is 24.3 Å². The Kier molecular flexibility index (Phi) is 3.48. The predicted molar refractivity (Wildman–Crippen MR) is 76.2 cm³/mol. The van der Waals surface area contributed by atoms with Crippen LogP contribution in [0, 0.1) is 0 Å². The number of rotatable bonds is 1. The van der Waals surface area contributed by atoms with Crippen molar-refractivity contribution in [3.63, 3.8) is 0 Å². The van der Waals surface area contributed by atoms with Crippen LogP contribution in [0.1, 0.15) is 10.4 Å². The van der Waals surface area contributed by atoms with Crippen LogP contribution < -0.4 is 0 Å². The highest BCUT2D eigenvalue weighted by molar-refractivity contribution is 9.10. The number of hydrogen-bond donors (Lipinski definition) is 0. The van der Waals surface area contributed by atoms with Crippen LogP contribution in [0.4, 0.5) is 0 Å². The molecule has 98 valence electrons. The summed E-state index contributed by atoms with van der Waals surface area (Å²) in [7, 11) is 0. The Hall–Kier alpha value is -1.46. The molecule has 0 N–H and O–H groups in total. The topological polar surface area (TPSA) is 42.4 Å². The molecule has 1 aliphatic heterocycles. The first kappa shape index (κ1) is 12.6. The average molecular weight is 321 g/mol. The second kappa shape index (κ2) is 5.27. The highest BCUT2D eigenvalue weighted by atomic mass is 79.9. The van der Waals surface area contributed by atoms with Crippen molar-refractivity contribution >= 4 is 32.7 Å². The first-order chi connectivity index (χ1) is 9.24. The van der Waals surface area contributed by atoms with Crippen molar-refractivity contribution in [3.8, 4) is 0 Å². The molecule has 1 saturated heterocycles. The lowest BCUT2D eigenvalue weighted by atomic mass is 10.1. The summed E-state index contributed by atoms with van der Waals surface area (Å²) in [5.74, 6) is 0.0256. The maximum Gasteiger partial charge on any atom is 0.255 e. The third-order valence-electron chi connectivity index (χ3n) is 3.19. The Labute approximate surface area is 119 Å². The van der Waals surface area contributed by atoms with Crippen LogP contribution >= 0.6 is 15.9 Å². The number of morpholine rings is 1. The molecule has 2 heterocycles. The van der Waals surface area contributed by atoms with E-state index in [1.165, 1.54) is 0 Å². The lowest BCUT2D eigenvalue weighted by molar-refractivity contribution is 0.0303. The molecule has 0 spiro atoms. The zero-order chi connectivity index (χ0) is 13.2. The van der Waals surface area contributed by atoms with E-state index in [4.69, 9.17) is 4.74 Å². The second-order valence-corrected chi connectivity index (χ2v) is 5.38. The molecule has 1 aromatic heterocycles. The van der Waals surface area contributed by atoms with Crippen LogP contribution in [0.5, 0.6) is 0 Å². The summed E-state index contributed by atoms with van der Waals surface area (Å²) in [6.45, 7) is 2.52. The smallest absolute Gasteiger partial charge is 0.255 e. The van der Waals surface area contributed by atoms with Gasteiger partial charge in [-0.3, -0.25) is 9.78 Å². The molecule has 1 amide bonds. The third kappa shape index (κ3) is 2.62. The van der Waals surface area contributed by atoms with Crippen molar-refractivity contribution in [1.82, 2.24) is 9.88 Å². The summed E-state index contributed by atoms with van der Waals surface area (Å²) in [6, 6.07) is 7.74. The van der Waals surface area contributed by atoms with Gasteiger partial charge in [0.25, 0.3) is 5.91 Å². The van der Waals surface area contributed by atoms with Crippen LogP contribution in [-0.2, 0) is 4.74 Å². The average Bonchev–Trinajstić information content (AvgIpc) is 2.46. The highest BCUT2D eigenvalue weighted by Crippen LogP contribution is 2.20. The number of hydrogen-bond acceptors (Lipinski definition) is 3. The summed E-state index contributed by atoms with van der Waals surface area (Å²) in [5, 5.41) is 0.966. The largest absolute Gasteiger partial charge is 0.378 e. The zero-order valence-electron chi connectivity index (χ0n) is 10.3. The summed E-state index contributed by atoms with van der Waals surface area (Å²) < 4.78 is 6.24. The molecule has 0 saturated carbocycles. The van der Waals surface area contributed by atoms with E-state index in [1.807, 2.05) is 29.2 Å². The maximum atomic E-state index is 12.3. The van der Waals surface area contributed by atoms with Crippen molar-refractivity contribution in [3.05, 3.63) is 40.5 Å². The van der Waals surface area contributed by atoms with E-state index >= 15 is 0 Å². The fourth-order valence-electron chi connectivity index (χ4n) is 2.17. The first-order valence-electron chi connectivity index (χ1n) is 6.16. The van der Waals surface area contributed by atoms with Crippen LogP contribution in [0.2, 0.25) is 0 Å². The number of halogens is 1. The molecule has 0 radical (unpaired) electrons. The van der Waals surface area contributed by atoms with Crippen molar-refractivity contribution in [1.29, 1.82) is 0 Å². The Morgan fingerprint density at radius 2 is 2.05 bits per heavy atom. The standard InChI is InChI=1S/C14H13BrN2O2/c15-12-1-2-13-10(8-12)7-11(9-16-13)14(18)17-3-5-19-6-4-17/h1-2,7-9H,3-6H2. The van der Waals surface area contributed by atoms with Gasteiger partial charge in [-0.25, -0.2) is 0 Å². The fraction of sp³-hybridized carbons (Fsp3) is 0.286. The van der Waals surface area contributed by atoms with Gasteiger partial charge in [0.15, 0.2) is 0 Å². The van der Waals surface area contributed by atoms with Crippen molar-refractivity contribution < 1.29 is 9.53 Å². The molecular weight excluding hydrogens is 308 g/mol. The normalized spacial score (nSPS) is 15.7. The number of benzene rings is 1. The summed E-state index contributed by atoms with van der Waals surface area (Å²) in [4.78, 5) is 18.5. The number of pyridine rings is 1. The van der Waals surface area contributed by atoms with Gasteiger partial charge < -0.3 is 9.64 Å².